The Morgan fingerprint density at radius 2 is 2.09 bits per heavy atom. The number of hydrogen-bond acceptors (Lipinski definition) is 2. The van der Waals surface area contributed by atoms with Crippen molar-refractivity contribution in [2.24, 2.45) is 4.99 Å². The Balaban J connectivity index is 1.43. The molecule has 0 atom stereocenters. The summed E-state index contributed by atoms with van der Waals surface area (Å²) < 4.78 is 0. The molecule has 3 aromatic rings. The van der Waals surface area contributed by atoms with E-state index in [4.69, 9.17) is 0 Å². The zero-order valence-electron chi connectivity index (χ0n) is 13.3. The van der Waals surface area contributed by atoms with Gasteiger partial charge in [-0.25, -0.2) is 0 Å². The Morgan fingerprint density at radius 1 is 1.17 bits per heavy atom. The highest BCUT2D eigenvalue weighted by atomic mass is 32.1. The Hall–Kier alpha value is -2.27. The van der Waals surface area contributed by atoms with E-state index >= 15 is 0 Å². The topological polar surface area (TPSA) is 52.2 Å². The Kier molecular flexibility index (Phi) is 5.32. The van der Waals surface area contributed by atoms with Gasteiger partial charge in [0.05, 0.1) is 6.54 Å². The highest BCUT2D eigenvalue weighted by molar-refractivity contribution is 7.09. The third-order valence-corrected chi connectivity index (χ3v) is 4.70. The maximum Gasteiger partial charge on any atom is 0.191 e. The van der Waals surface area contributed by atoms with Crippen LogP contribution in [-0.4, -0.2) is 24.5 Å². The van der Waals surface area contributed by atoms with Crippen LogP contribution in [0.1, 0.15) is 16.9 Å². The van der Waals surface area contributed by atoms with E-state index in [9.17, 15) is 0 Å². The standard InChI is InChI=1S/C18H22N4S/c1-19-18(22-13-15-7-5-11-23-15)20-10-4-6-14-12-21-17-9-3-2-8-16(14)17/h2-3,5,7-9,11-12,21H,4,6,10,13H2,1H3,(H2,19,20,22). The molecule has 0 aliphatic rings. The first-order valence-electron chi connectivity index (χ1n) is 7.88. The molecule has 4 nitrogen and oxygen atoms in total. The number of benzene rings is 1. The second-order valence-electron chi connectivity index (χ2n) is 5.39. The summed E-state index contributed by atoms with van der Waals surface area (Å²) in [7, 11) is 1.81. The number of para-hydroxylation sites is 1. The van der Waals surface area contributed by atoms with Crippen molar-refractivity contribution in [3.63, 3.8) is 0 Å². The van der Waals surface area contributed by atoms with Crippen LogP contribution in [-0.2, 0) is 13.0 Å². The van der Waals surface area contributed by atoms with Gasteiger partial charge >= 0.3 is 0 Å². The van der Waals surface area contributed by atoms with Gasteiger partial charge in [0.25, 0.3) is 0 Å². The van der Waals surface area contributed by atoms with Crippen molar-refractivity contribution < 1.29 is 0 Å². The monoisotopic (exact) mass is 326 g/mol. The molecule has 3 rings (SSSR count). The van der Waals surface area contributed by atoms with Crippen LogP contribution in [0.15, 0.2) is 53.0 Å². The molecule has 2 aromatic heterocycles. The molecule has 5 heteroatoms. The molecule has 0 unspecified atom stereocenters. The fraction of sp³-hybridized carbons (Fsp3) is 0.278. The Morgan fingerprint density at radius 3 is 2.91 bits per heavy atom. The van der Waals surface area contributed by atoms with Crippen molar-refractivity contribution in [3.05, 3.63) is 58.4 Å². The molecule has 0 radical (unpaired) electrons. The zero-order valence-corrected chi connectivity index (χ0v) is 14.1. The van der Waals surface area contributed by atoms with Crippen LogP contribution in [0.3, 0.4) is 0 Å². The highest BCUT2D eigenvalue weighted by Gasteiger charge is 2.03. The second kappa shape index (κ2) is 7.83. The van der Waals surface area contributed by atoms with Crippen LogP contribution >= 0.6 is 11.3 Å². The van der Waals surface area contributed by atoms with Crippen molar-refractivity contribution >= 4 is 28.2 Å². The maximum atomic E-state index is 4.26. The molecule has 0 aliphatic heterocycles. The summed E-state index contributed by atoms with van der Waals surface area (Å²) in [6.45, 7) is 1.73. The Labute approximate surface area is 140 Å². The molecule has 2 heterocycles. The van der Waals surface area contributed by atoms with Crippen LogP contribution in [0.25, 0.3) is 10.9 Å². The van der Waals surface area contributed by atoms with Gasteiger partial charge in [-0.2, -0.15) is 0 Å². The number of rotatable bonds is 6. The van der Waals surface area contributed by atoms with Gasteiger partial charge in [0, 0.05) is 35.6 Å². The fourth-order valence-electron chi connectivity index (χ4n) is 2.63. The lowest BCUT2D eigenvalue weighted by molar-refractivity contribution is 0.746. The lowest BCUT2D eigenvalue weighted by Gasteiger charge is -2.11. The van der Waals surface area contributed by atoms with E-state index in [2.05, 4.69) is 68.6 Å². The number of aromatic amines is 1. The molecule has 3 N–H and O–H groups in total. The minimum absolute atomic E-state index is 0.819. The summed E-state index contributed by atoms with van der Waals surface area (Å²) in [5.41, 5.74) is 2.59. The number of aryl methyl sites for hydroxylation is 1. The minimum atomic E-state index is 0.819. The molecule has 23 heavy (non-hydrogen) atoms. The molecule has 0 saturated heterocycles. The molecule has 0 fully saturated rings. The summed E-state index contributed by atoms with van der Waals surface area (Å²) in [4.78, 5) is 8.91. The Bertz CT molecular complexity index is 758. The number of aliphatic imine (C=N–C) groups is 1. The predicted octanol–water partition coefficient (Wildman–Crippen LogP) is 3.53. The van der Waals surface area contributed by atoms with E-state index < -0.39 is 0 Å². The molecule has 0 spiro atoms. The largest absolute Gasteiger partial charge is 0.361 e. The second-order valence-corrected chi connectivity index (χ2v) is 6.43. The van der Waals surface area contributed by atoms with Crippen LogP contribution in [0.4, 0.5) is 0 Å². The van der Waals surface area contributed by atoms with Crippen LogP contribution in [0.2, 0.25) is 0 Å². The summed E-state index contributed by atoms with van der Waals surface area (Å²) in [5, 5.41) is 10.1. The molecular formula is C18H22N4S. The number of thiophene rings is 1. The zero-order chi connectivity index (χ0) is 15.9. The third kappa shape index (κ3) is 4.13. The van der Waals surface area contributed by atoms with E-state index in [-0.39, 0.29) is 0 Å². The van der Waals surface area contributed by atoms with Gasteiger partial charge in [0.2, 0.25) is 0 Å². The molecule has 0 bridgehead atoms. The normalized spacial score (nSPS) is 11.8. The van der Waals surface area contributed by atoms with Crippen LogP contribution < -0.4 is 10.6 Å². The van der Waals surface area contributed by atoms with E-state index in [0.29, 0.717) is 0 Å². The smallest absolute Gasteiger partial charge is 0.191 e. The third-order valence-electron chi connectivity index (χ3n) is 3.82. The van der Waals surface area contributed by atoms with Crippen molar-refractivity contribution in [3.8, 4) is 0 Å². The summed E-state index contributed by atoms with van der Waals surface area (Å²) in [6, 6.07) is 12.6. The van der Waals surface area contributed by atoms with Gasteiger partial charge < -0.3 is 15.6 Å². The summed E-state index contributed by atoms with van der Waals surface area (Å²) in [6.07, 6.45) is 4.25. The highest BCUT2D eigenvalue weighted by Crippen LogP contribution is 2.18. The maximum absolute atomic E-state index is 4.26. The van der Waals surface area contributed by atoms with Gasteiger partial charge in [-0.3, -0.25) is 4.99 Å². The number of nitrogens with zero attached hydrogens (tertiary/aromatic N) is 1. The van der Waals surface area contributed by atoms with Crippen molar-refractivity contribution in [1.29, 1.82) is 0 Å². The number of H-pyrrole nitrogens is 1. The number of guanidine groups is 1. The van der Waals surface area contributed by atoms with Gasteiger partial charge in [-0.15, -0.1) is 11.3 Å². The number of aromatic nitrogens is 1. The SMILES string of the molecule is CN=C(NCCCc1c[nH]c2ccccc12)NCc1cccs1. The van der Waals surface area contributed by atoms with E-state index in [1.165, 1.54) is 21.3 Å². The average molecular weight is 326 g/mol. The fourth-order valence-corrected chi connectivity index (χ4v) is 3.27. The van der Waals surface area contributed by atoms with Crippen LogP contribution in [0.5, 0.6) is 0 Å². The molecule has 0 aliphatic carbocycles. The molecule has 0 amide bonds. The predicted molar refractivity (Wildman–Crippen MR) is 99.1 cm³/mol. The molecule has 0 saturated carbocycles. The van der Waals surface area contributed by atoms with Gasteiger partial charge in [-0.1, -0.05) is 24.3 Å². The minimum Gasteiger partial charge on any atom is -0.361 e. The molecular weight excluding hydrogens is 304 g/mol. The first-order chi connectivity index (χ1) is 11.4. The van der Waals surface area contributed by atoms with Crippen molar-refractivity contribution in [2.75, 3.05) is 13.6 Å². The van der Waals surface area contributed by atoms with E-state index in [1.54, 1.807) is 11.3 Å². The lowest BCUT2D eigenvalue weighted by atomic mass is 10.1. The van der Waals surface area contributed by atoms with Gasteiger partial charge in [-0.05, 0) is 35.9 Å². The van der Waals surface area contributed by atoms with Gasteiger partial charge in [0.1, 0.15) is 0 Å². The molecule has 120 valence electrons. The summed E-state index contributed by atoms with van der Waals surface area (Å²) in [5.74, 6) is 0.859. The van der Waals surface area contributed by atoms with E-state index in [0.717, 1.165) is 31.9 Å². The first kappa shape index (κ1) is 15.6. The summed E-state index contributed by atoms with van der Waals surface area (Å²) >= 11 is 1.75. The van der Waals surface area contributed by atoms with Gasteiger partial charge in [0.15, 0.2) is 5.96 Å². The average Bonchev–Trinajstić information content (AvgIpc) is 3.24. The quantitative estimate of drug-likeness (QED) is 0.369. The van der Waals surface area contributed by atoms with Crippen LogP contribution in [0, 0.1) is 0 Å². The van der Waals surface area contributed by atoms with E-state index in [1.807, 2.05) is 7.05 Å². The van der Waals surface area contributed by atoms with Crippen molar-refractivity contribution in [1.82, 2.24) is 15.6 Å². The number of nitrogens with one attached hydrogen (secondary N) is 3. The van der Waals surface area contributed by atoms with Crippen molar-refractivity contribution in [2.45, 2.75) is 19.4 Å². The number of fused-ring (bicyclic) bond motifs is 1. The lowest BCUT2D eigenvalue weighted by Crippen LogP contribution is -2.37. The first-order valence-corrected chi connectivity index (χ1v) is 8.76. The molecule has 1 aromatic carbocycles. The number of hydrogen-bond donors (Lipinski definition) is 3.